The number of piperidine rings is 1. The van der Waals surface area contributed by atoms with E-state index < -0.39 is 0 Å². The molecule has 0 radical (unpaired) electrons. The second-order valence-electron chi connectivity index (χ2n) is 4.32. The van der Waals surface area contributed by atoms with E-state index in [2.05, 4.69) is 27.3 Å². The molecule has 2 heterocycles. The molecule has 0 spiro atoms. The van der Waals surface area contributed by atoms with Gasteiger partial charge in [-0.3, -0.25) is 0 Å². The molecule has 1 aliphatic rings. The van der Waals surface area contributed by atoms with E-state index in [1.54, 1.807) is 0 Å². The van der Waals surface area contributed by atoms with Gasteiger partial charge in [-0.1, -0.05) is 12.1 Å². The summed E-state index contributed by atoms with van der Waals surface area (Å²) in [5.41, 5.74) is 0. The van der Waals surface area contributed by atoms with Gasteiger partial charge in [0, 0.05) is 19.1 Å². The van der Waals surface area contributed by atoms with E-state index in [4.69, 9.17) is 4.52 Å². The van der Waals surface area contributed by atoms with Gasteiger partial charge in [0.1, 0.15) is 0 Å². The van der Waals surface area contributed by atoms with E-state index in [0.29, 0.717) is 17.9 Å². The van der Waals surface area contributed by atoms with E-state index in [9.17, 15) is 0 Å². The quantitative estimate of drug-likeness (QED) is 0.836. The molecule has 2 rings (SSSR count). The van der Waals surface area contributed by atoms with Crippen molar-refractivity contribution < 1.29 is 4.52 Å². The van der Waals surface area contributed by atoms with E-state index in [-0.39, 0.29) is 0 Å². The number of rotatable bonds is 4. The molecule has 1 atom stereocenters. The van der Waals surface area contributed by atoms with Gasteiger partial charge >= 0.3 is 6.01 Å². The number of hydrogen-bond donors (Lipinski definition) is 1. The van der Waals surface area contributed by atoms with Gasteiger partial charge in [0.05, 0.1) is 0 Å². The summed E-state index contributed by atoms with van der Waals surface area (Å²) in [5.74, 6) is 0.708. The minimum Gasteiger partial charge on any atom is -0.320 e. The van der Waals surface area contributed by atoms with Crippen molar-refractivity contribution in [2.24, 2.45) is 0 Å². The summed E-state index contributed by atoms with van der Waals surface area (Å²) in [6.07, 6.45) is 3.52. The molecule has 0 amide bonds. The number of hydrogen-bond acceptors (Lipinski definition) is 5. The Hall–Kier alpha value is -1.10. The first-order valence-electron chi connectivity index (χ1n) is 6.09. The molecule has 1 saturated heterocycles. The minimum atomic E-state index is 0.494. The van der Waals surface area contributed by atoms with Gasteiger partial charge in [-0.2, -0.15) is 4.98 Å². The zero-order chi connectivity index (χ0) is 11.4. The van der Waals surface area contributed by atoms with Crippen molar-refractivity contribution in [2.75, 3.05) is 24.5 Å². The molecule has 0 aliphatic carbocycles. The molecule has 5 heteroatoms. The lowest BCUT2D eigenvalue weighted by Gasteiger charge is -2.32. The fraction of sp³-hybridized carbons (Fsp3) is 0.818. The van der Waals surface area contributed by atoms with Crippen LogP contribution in [0.1, 0.15) is 32.0 Å². The Morgan fingerprint density at radius 2 is 2.44 bits per heavy atom. The second kappa shape index (κ2) is 5.30. The summed E-state index contributed by atoms with van der Waals surface area (Å²) in [6.45, 7) is 7.15. The van der Waals surface area contributed by atoms with Crippen molar-refractivity contribution in [3.05, 3.63) is 5.82 Å². The van der Waals surface area contributed by atoms with Crippen LogP contribution in [0.5, 0.6) is 0 Å². The van der Waals surface area contributed by atoms with Crippen molar-refractivity contribution in [2.45, 2.75) is 39.2 Å². The lowest BCUT2D eigenvalue weighted by atomic mass is 10.1. The molecular formula is C11H20N4O. The van der Waals surface area contributed by atoms with Crippen molar-refractivity contribution in [1.29, 1.82) is 0 Å². The summed E-state index contributed by atoms with van der Waals surface area (Å²) < 4.78 is 5.27. The van der Waals surface area contributed by atoms with Crippen LogP contribution in [0.3, 0.4) is 0 Å². The third kappa shape index (κ3) is 2.52. The molecule has 16 heavy (non-hydrogen) atoms. The van der Waals surface area contributed by atoms with Gasteiger partial charge in [-0.15, -0.1) is 0 Å². The standard InChI is InChI=1S/C11H20N4O/c1-3-7-15(10-5-4-6-12-8-10)11-13-9(2)14-16-11/h10,12H,3-8H2,1-2H3. The highest BCUT2D eigenvalue weighted by Crippen LogP contribution is 2.19. The molecule has 1 N–H and O–H groups in total. The predicted molar refractivity (Wildman–Crippen MR) is 62.6 cm³/mol. The Bertz CT molecular complexity index is 320. The number of nitrogens with zero attached hydrogens (tertiary/aromatic N) is 3. The molecule has 5 nitrogen and oxygen atoms in total. The molecule has 1 aromatic heterocycles. The topological polar surface area (TPSA) is 54.2 Å². The summed E-state index contributed by atoms with van der Waals surface area (Å²) >= 11 is 0. The lowest BCUT2D eigenvalue weighted by Crippen LogP contribution is -2.46. The first-order valence-corrected chi connectivity index (χ1v) is 6.09. The first-order chi connectivity index (χ1) is 7.81. The average molecular weight is 224 g/mol. The van der Waals surface area contributed by atoms with Crippen LogP contribution in [-0.4, -0.2) is 35.8 Å². The van der Waals surface area contributed by atoms with Gasteiger partial charge in [-0.25, -0.2) is 0 Å². The Kier molecular flexibility index (Phi) is 3.77. The van der Waals surface area contributed by atoms with Crippen molar-refractivity contribution in [3.8, 4) is 0 Å². The SMILES string of the molecule is CCCN(c1nc(C)no1)C1CCCNC1. The van der Waals surface area contributed by atoms with Crippen LogP contribution in [0.15, 0.2) is 4.52 Å². The summed E-state index contributed by atoms with van der Waals surface area (Å²) in [6, 6.07) is 1.17. The predicted octanol–water partition coefficient (Wildman–Crippen LogP) is 1.35. The van der Waals surface area contributed by atoms with E-state index >= 15 is 0 Å². The Balaban J connectivity index is 2.09. The highest BCUT2D eigenvalue weighted by atomic mass is 16.5. The monoisotopic (exact) mass is 224 g/mol. The highest BCUT2D eigenvalue weighted by Gasteiger charge is 2.24. The maximum Gasteiger partial charge on any atom is 0.324 e. The Morgan fingerprint density at radius 3 is 3.00 bits per heavy atom. The molecule has 1 aromatic rings. The highest BCUT2D eigenvalue weighted by molar-refractivity contribution is 5.27. The molecule has 90 valence electrons. The zero-order valence-electron chi connectivity index (χ0n) is 10.1. The van der Waals surface area contributed by atoms with Crippen LogP contribution in [0, 0.1) is 6.92 Å². The third-order valence-electron chi connectivity index (χ3n) is 2.94. The number of anilines is 1. The van der Waals surface area contributed by atoms with Crippen molar-refractivity contribution in [3.63, 3.8) is 0 Å². The van der Waals surface area contributed by atoms with Crippen LogP contribution in [-0.2, 0) is 0 Å². The average Bonchev–Trinajstić information content (AvgIpc) is 2.74. The summed E-state index contributed by atoms with van der Waals surface area (Å²) in [7, 11) is 0. The molecular weight excluding hydrogens is 204 g/mol. The summed E-state index contributed by atoms with van der Waals surface area (Å²) in [4.78, 5) is 6.57. The summed E-state index contributed by atoms with van der Waals surface area (Å²) in [5, 5.41) is 7.29. The smallest absolute Gasteiger partial charge is 0.320 e. The zero-order valence-corrected chi connectivity index (χ0v) is 10.1. The molecule has 1 aliphatic heterocycles. The lowest BCUT2D eigenvalue weighted by molar-refractivity contribution is 0.368. The van der Waals surface area contributed by atoms with Crippen LogP contribution < -0.4 is 10.2 Å². The molecule has 0 aromatic carbocycles. The van der Waals surface area contributed by atoms with Crippen LogP contribution >= 0.6 is 0 Å². The number of nitrogens with one attached hydrogen (secondary N) is 1. The molecule has 1 fully saturated rings. The molecule has 0 saturated carbocycles. The maximum absolute atomic E-state index is 5.27. The van der Waals surface area contributed by atoms with Crippen molar-refractivity contribution in [1.82, 2.24) is 15.5 Å². The Labute approximate surface area is 96.2 Å². The maximum atomic E-state index is 5.27. The van der Waals surface area contributed by atoms with Crippen LogP contribution in [0.25, 0.3) is 0 Å². The van der Waals surface area contributed by atoms with Crippen LogP contribution in [0.4, 0.5) is 6.01 Å². The van der Waals surface area contributed by atoms with E-state index in [1.807, 2.05) is 6.92 Å². The van der Waals surface area contributed by atoms with E-state index in [1.165, 1.54) is 12.8 Å². The van der Waals surface area contributed by atoms with Gasteiger partial charge < -0.3 is 14.7 Å². The van der Waals surface area contributed by atoms with Crippen LogP contribution in [0.2, 0.25) is 0 Å². The van der Waals surface area contributed by atoms with Gasteiger partial charge in [-0.05, 0) is 32.7 Å². The third-order valence-corrected chi connectivity index (χ3v) is 2.94. The second-order valence-corrected chi connectivity index (χ2v) is 4.32. The van der Waals surface area contributed by atoms with E-state index in [0.717, 1.165) is 26.1 Å². The Morgan fingerprint density at radius 1 is 1.56 bits per heavy atom. The number of aryl methyl sites for hydroxylation is 1. The number of aromatic nitrogens is 2. The van der Waals surface area contributed by atoms with Gasteiger partial charge in [0.15, 0.2) is 5.82 Å². The first kappa shape index (κ1) is 11.4. The molecule has 1 unspecified atom stereocenters. The molecule has 0 bridgehead atoms. The fourth-order valence-electron chi connectivity index (χ4n) is 2.18. The van der Waals surface area contributed by atoms with Crippen molar-refractivity contribution >= 4 is 6.01 Å². The minimum absolute atomic E-state index is 0.494. The van der Waals surface area contributed by atoms with Gasteiger partial charge in [0.2, 0.25) is 0 Å². The largest absolute Gasteiger partial charge is 0.324 e. The normalized spacial score (nSPS) is 21.0. The van der Waals surface area contributed by atoms with Gasteiger partial charge in [0.25, 0.3) is 0 Å². The fourth-order valence-corrected chi connectivity index (χ4v) is 2.18.